The molecule has 4 nitrogen and oxygen atoms in total. The summed E-state index contributed by atoms with van der Waals surface area (Å²) in [6.45, 7) is 15.2. The van der Waals surface area contributed by atoms with E-state index in [1.54, 1.807) is 0 Å². The Morgan fingerprint density at radius 3 is 1.04 bits per heavy atom. The summed E-state index contributed by atoms with van der Waals surface area (Å²) in [5.41, 5.74) is 2.54. The minimum Gasteiger partial charge on any atom is -0.394 e. The van der Waals surface area contributed by atoms with Gasteiger partial charge in [0.25, 0.3) is 0 Å². The van der Waals surface area contributed by atoms with Crippen LogP contribution in [0.15, 0.2) is 24.3 Å². The van der Waals surface area contributed by atoms with E-state index in [0.29, 0.717) is 26.4 Å². The van der Waals surface area contributed by atoms with E-state index < -0.39 is 17.1 Å². The van der Waals surface area contributed by atoms with Crippen LogP contribution in [-0.2, 0) is 29.8 Å². The first-order valence-corrected chi connectivity index (χ1v) is 14.1. The average molecular weight is 371 g/mol. The average Bonchev–Trinajstić information content (AvgIpc) is 2.50. The van der Waals surface area contributed by atoms with E-state index >= 15 is 0 Å². The van der Waals surface area contributed by atoms with Crippen molar-refractivity contribution in [1.82, 2.24) is 0 Å². The summed E-state index contributed by atoms with van der Waals surface area (Å²) in [6, 6.07) is 10.5. The van der Waals surface area contributed by atoms with Gasteiger partial charge in [0.05, 0.1) is 0 Å². The van der Waals surface area contributed by atoms with Gasteiger partial charge in [0.1, 0.15) is 0 Å². The van der Waals surface area contributed by atoms with Gasteiger partial charge in [-0.25, -0.2) is 0 Å². The summed E-state index contributed by atoms with van der Waals surface area (Å²) < 4.78 is 23.7. The Hall–Kier alpha value is -0.506. The molecule has 0 unspecified atom stereocenters. The minimum atomic E-state index is -2.12. The van der Waals surface area contributed by atoms with Crippen LogP contribution in [0.4, 0.5) is 0 Å². The van der Waals surface area contributed by atoms with Crippen molar-refractivity contribution in [2.24, 2.45) is 0 Å². The van der Waals surface area contributed by atoms with Crippen LogP contribution in [0.2, 0.25) is 13.1 Å². The Morgan fingerprint density at radius 2 is 0.833 bits per heavy atom. The fraction of sp³-hybridized carbons (Fsp3) is 0.667. The Bertz CT molecular complexity index is 410. The molecule has 1 rings (SSSR count). The molecule has 24 heavy (non-hydrogen) atoms. The molecule has 0 saturated carbocycles. The monoisotopic (exact) mass is 370 g/mol. The zero-order chi connectivity index (χ0) is 18.1. The van der Waals surface area contributed by atoms with Gasteiger partial charge in [-0.05, 0) is 51.9 Å². The second kappa shape index (κ2) is 10.5. The van der Waals surface area contributed by atoms with Crippen molar-refractivity contribution in [2.45, 2.75) is 52.9 Å². The van der Waals surface area contributed by atoms with Gasteiger partial charge in [0.2, 0.25) is 0 Å². The summed E-state index contributed by atoms with van der Waals surface area (Å²) >= 11 is 0. The quantitative estimate of drug-likeness (QED) is 0.518. The maximum atomic E-state index is 5.93. The fourth-order valence-corrected chi connectivity index (χ4v) is 8.00. The molecular formula is C18H34O4Si2. The predicted molar refractivity (Wildman–Crippen MR) is 104 cm³/mol. The van der Waals surface area contributed by atoms with Gasteiger partial charge in [0, 0.05) is 38.5 Å². The summed E-state index contributed by atoms with van der Waals surface area (Å²) in [4.78, 5) is 0. The highest BCUT2D eigenvalue weighted by molar-refractivity contribution is 6.65. The standard InChI is InChI=1S/C18H34O4Si2/c1-7-19-23(5,20-8-2)15-17-11-13-18(14-12-17)16-24(6,21-9-3)22-10-4/h11-14H,7-10,15-16H2,1-6H3. The third-order valence-electron chi connectivity index (χ3n) is 3.87. The molecule has 0 saturated heterocycles. The zero-order valence-electron chi connectivity index (χ0n) is 16.2. The first-order valence-electron chi connectivity index (χ1n) is 9.04. The lowest BCUT2D eigenvalue weighted by Crippen LogP contribution is -2.42. The highest BCUT2D eigenvalue weighted by Gasteiger charge is 2.32. The maximum Gasteiger partial charge on any atom is 0.339 e. The molecular weight excluding hydrogens is 336 g/mol. The van der Waals surface area contributed by atoms with Gasteiger partial charge in [-0.1, -0.05) is 24.3 Å². The van der Waals surface area contributed by atoms with E-state index in [0.717, 1.165) is 12.1 Å². The maximum absolute atomic E-state index is 5.93. The Labute approximate surface area is 150 Å². The summed E-state index contributed by atoms with van der Waals surface area (Å²) in [5, 5.41) is 0. The van der Waals surface area contributed by atoms with E-state index in [1.165, 1.54) is 11.1 Å². The van der Waals surface area contributed by atoms with E-state index in [1.807, 2.05) is 27.7 Å². The summed E-state index contributed by atoms with van der Waals surface area (Å²) in [7, 11) is -4.24. The van der Waals surface area contributed by atoms with E-state index in [4.69, 9.17) is 17.7 Å². The van der Waals surface area contributed by atoms with Gasteiger partial charge in [-0.3, -0.25) is 0 Å². The molecule has 0 aliphatic heterocycles. The van der Waals surface area contributed by atoms with Crippen molar-refractivity contribution in [2.75, 3.05) is 26.4 Å². The van der Waals surface area contributed by atoms with Gasteiger partial charge >= 0.3 is 17.1 Å². The molecule has 138 valence electrons. The second-order valence-corrected chi connectivity index (χ2v) is 12.6. The fourth-order valence-electron chi connectivity index (χ4n) is 3.03. The third kappa shape index (κ3) is 7.17. The van der Waals surface area contributed by atoms with E-state index in [9.17, 15) is 0 Å². The molecule has 0 N–H and O–H groups in total. The third-order valence-corrected chi connectivity index (χ3v) is 9.57. The highest BCUT2D eigenvalue weighted by Crippen LogP contribution is 2.19. The molecule has 0 amide bonds. The van der Waals surface area contributed by atoms with Crippen LogP contribution in [0.5, 0.6) is 0 Å². The molecule has 0 aliphatic carbocycles. The number of hydrogen-bond acceptors (Lipinski definition) is 4. The van der Waals surface area contributed by atoms with E-state index in [-0.39, 0.29) is 0 Å². The lowest BCUT2D eigenvalue weighted by atomic mass is 10.2. The zero-order valence-corrected chi connectivity index (χ0v) is 18.2. The molecule has 6 heteroatoms. The van der Waals surface area contributed by atoms with Crippen molar-refractivity contribution >= 4 is 17.1 Å². The van der Waals surface area contributed by atoms with E-state index in [2.05, 4.69) is 37.4 Å². The van der Waals surface area contributed by atoms with Crippen LogP contribution in [-0.4, -0.2) is 43.5 Å². The van der Waals surface area contributed by atoms with Gasteiger partial charge in [-0.2, -0.15) is 0 Å². The summed E-state index contributed by atoms with van der Waals surface area (Å²) in [5.74, 6) is 0. The molecule has 0 bridgehead atoms. The first-order chi connectivity index (χ1) is 11.4. The number of hydrogen-bond donors (Lipinski definition) is 0. The lowest BCUT2D eigenvalue weighted by molar-refractivity contribution is 0.187. The lowest BCUT2D eigenvalue weighted by Gasteiger charge is -2.27. The van der Waals surface area contributed by atoms with Crippen molar-refractivity contribution in [3.8, 4) is 0 Å². The molecule has 0 radical (unpaired) electrons. The second-order valence-electron chi connectivity index (χ2n) is 6.17. The van der Waals surface area contributed by atoms with Crippen LogP contribution in [0.1, 0.15) is 38.8 Å². The predicted octanol–water partition coefficient (Wildman–Crippen LogP) is 4.14. The number of benzene rings is 1. The Balaban J connectivity index is 2.77. The van der Waals surface area contributed by atoms with Gasteiger partial charge in [0.15, 0.2) is 0 Å². The molecule has 1 aromatic carbocycles. The number of rotatable bonds is 12. The molecule has 0 atom stereocenters. The molecule has 0 fully saturated rings. The molecule has 0 aliphatic rings. The molecule has 0 spiro atoms. The van der Waals surface area contributed by atoms with Crippen LogP contribution in [0.3, 0.4) is 0 Å². The van der Waals surface area contributed by atoms with Crippen molar-refractivity contribution in [3.63, 3.8) is 0 Å². The Morgan fingerprint density at radius 1 is 0.583 bits per heavy atom. The largest absolute Gasteiger partial charge is 0.394 e. The minimum absolute atomic E-state index is 0.702. The summed E-state index contributed by atoms with van der Waals surface area (Å²) in [6.07, 6.45) is 0. The highest BCUT2D eigenvalue weighted by atomic mass is 28.4. The SMILES string of the molecule is CCO[Si](C)(Cc1ccc(C[Si](C)(OCC)OCC)cc1)OCC. The molecule has 0 heterocycles. The molecule has 1 aromatic rings. The normalized spacial score (nSPS) is 12.6. The smallest absolute Gasteiger partial charge is 0.339 e. The first kappa shape index (κ1) is 21.5. The topological polar surface area (TPSA) is 36.9 Å². The van der Waals surface area contributed by atoms with Crippen molar-refractivity contribution in [1.29, 1.82) is 0 Å². The van der Waals surface area contributed by atoms with Gasteiger partial charge < -0.3 is 17.7 Å². The van der Waals surface area contributed by atoms with Crippen LogP contribution >= 0.6 is 0 Å². The van der Waals surface area contributed by atoms with Crippen LogP contribution in [0.25, 0.3) is 0 Å². The molecule has 0 aromatic heterocycles. The van der Waals surface area contributed by atoms with Gasteiger partial charge in [-0.15, -0.1) is 0 Å². The van der Waals surface area contributed by atoms with Crippen LogP contribution < -0.4 is 0 Å². The van der Waals surface area contributed by atoms with Crippen LogP contribution in [0, 0.1) is 0 Å². The van der Waals surface area contributed by atoms with Crippen molar-refractivity contribution < 1.29 is 17.7 Å². The van der Waals surface area contributed by atoms with Crippen molar-refractivity contribution in [3.05, 3.63) is 35.4 Å². The Kier molecular flexibility index (Phi) is 9.40.